The molecule has 1 aromatic heterocycles. The average Bonchev–Trinajstić information content (AvgIpc) is 3.14. The van der Waals surface area contributed by atoms with Crippen molar-refractivity contribution in [3.63, 3.8) is 0 Å². The molecule has 4 rings (SSSR count). The summed E-state index contributed by atoms with van der Waals surface area (Å²) < 4.78 is 18.2. The number of hydrogen-bond donors (Lipinski definition) is 1. The van der Waals surface area contributed by atoms with Gasteiger partial charge in [0.05, 0.1) is 31.4 Å². The predicted molar refractivity (Wildman–Crippen MR) is 114 cm³/mol. The fourth-order valence-corrected chi connectivity index (χ4v) is 3.45. The molecule has 0 unspecified atom stereocenters. The quantitative estimate of drug-likeness (QED) is 0.615. The van der Waals surface area contributed by atoms with Crippen LogP contribution in [0.2, 0.25) is 0 Å². The summed E-state index contributed by atoms with van der Waals surface area (Å²) in [7, 11) is 1.61. The van der Waals surface area contributed by atoms with Crippen molar-refractivity contribution in [2.24, 2.45) is 0 Å². The largest absolute Gasteiger partial charge is 0.497 e. The fraction of sp³-hybridized carbons (Fsp3) is 0.364. The van der Waals surface area contributed by atoms with Gasteiger partial charge < -0.3 is 18.8 Å². The summed E-state index contributed by atoms with van der Waals surface area (Å²) in [5.41, 5.74) is 1.85. The van der Waals surface area contributed by atoms with Crippen LogP contribution in [0.25, 0.3) is 11.0 Å². The summed E-state index contributed by atoms with van der Waals surface area (Å²) in [6, 6.07) is 15.0. The highest BCUT2D eigenvalue weighted by atomic mass is 16.5. The lowest BCUT2D eigenvalue weighted by Crippen LogP contribution is -2.38. The van der Waals surface area contributed by atoms with E-state index in [9.17, 15) is 4.79 Å². The van der Waals surface area contributed by atoms with Crippen molar-refractivity contribution in [1.29, 1.82) is 0 Å². The van der Waals surface area contributed by atoms with E-state index in [0.717, 1.165) is 56.2 Å². The second-order valence-corrected chi connectivity index (χ2v) is 7.04. The monoisotopic (exact) mass is 410 g/mol. The molecule has 0 radical (unpaired) electrons. The number of methoxy groups -OCH3 is 1. The van der Waals surface area contributed by atoms with Crippen molar-refractivity contribution >= 4 is 22.9 Å². The number of carbonyl (C=O) groups is 1. The number of nitrogens with zero attached hydrogens (tertiary/aromatic N) is 3. The molecule has 0 aliphatic carbocycles. The van der Waals surface area contributed by atoms with Gasteiger partial charge in [-0.05, 0) is 36.4 Å². The Morgan fingerprint density at radius 3 is 2.57 bits per heavy atom. The molecule has 30 heavy (non-hydrogen) atoms. The normalized spacial score (nSPS) is 14.6. The smallest absolute Gasteiger partial charge is 0.264 e. The van der Waals surface area contributed by atoms with Crippen LogP contribution in [0.15, 0.2) is 48.5 Å². The minimum Gasteiger partial charge on any atom is -0.497 e. The number of hydrogen-bond acceptors (Lipinski definition) is 6. The minimum atomic E-state index is -0.256. The maximum Gasteiger partial charge on any atom is 0.264 e. The molecule has 2 heterocycles. The minimum absolute atomic E-state index is 0.0982. The number of rotatable bonds is 8. The Morgan fingerprint density at radius 1 is 1.07 bits per heavy atom. The molecule has 8 heteroatoms. The lowest BCUT2D eigenvalue weighted by atomic mass is 10.3. The van der Waals surface area contributed by atoms with Crippen LogP contribution >= 0.6 is 0 Å². The van der Waals surface area contributed by atoms with Gasteiger partial charge >= 0.3 is 0 Å². The van der Waals surface area contributed by atoms with Crippen molar-refractivity contribution in [3.8, 4) is 11.5 Å². The van der Waals surface area contributed by atoms with Gasteiger partial charge in [0.2, 0.25) is 5.95 Å². The number of aromatic nitrogens is 2. The zero-order chi connectivity index (χ0) is 20.8. The molecule has 1 fully saturated rings. The molecule has 3 aromatic rings. The van der Waals surface area contributed by atoms with E-state index in [1.807, 2.05) is 24.3 Å². The van der Waals surface area contributed by atoms with Crippen molar-refractivity contribution in [3.05, 3.63) is 48.5 Å². The van der Waals surface area contributed by atoms with Crippen molar-refractivity contribution in [1.82, 2.24) is 14.5 Å². The standard InChI is InChI=1S/C22H26N4O4/c1-28-17-6-8-18(9-7-17)30-16-21(27)24-22-23-19-4-2-3-5-20(19)26(22)11-10-25-12-14-29-15-13-25/h2-9H,10-16H2,1H3,(H,23,24,27). The third kappa shape index (κ3) is 4.90. The number of benzene rings is 2. The average molecular weight is 410 g/mol. The number of ether oxygens (including phenoxy) is 3. The number of amides is 1. The molecule has 2 aromatic carbocycles. The van der Waals surface area contributed by atoms with E-state index in [4.69, 9.17) is 14.2 Å². The first-order chi connectivity index (χ1) is 14.7. The van der Waals surface area contributed by atoms with E-state index < -0.39 is 0 Å². The second kappa shape index (κ2) is 9.60. The fourth-order valence-electron chi connectivity index (χ4n) is 3.45. The first-order valence-corrected chi connectivity index (χ1v) is 10.0. The predicted octanol–water partition coefficient (Wildman–Crippen LogP) is 2.39. The van der Waals surface area contributed by atoms with Crippen LogP contribution in [0, 0.1) is 0 Å². The second-order valence-electron chi connectivity index (χ2n) is 7.04. The molecule has 0 bridgehead atoms. The van der Waals surface area contributed by atoms with Gasteiger partial charge in [0.25, 0.3) is 5.91 Å². The van der Waals surface area contributed by atoms with E-state index in [1.54, 1.807) is 31.4 Å². The van der Waals surface area contributed by atoms with Gasteiger partial charge in [-0.3, -0.25) is 15.0 Å². The highest BCUT2D eigenvalue weighted by Crippen LogP contribution is 2.20. The van der Waals surface area contributed by atoms with Crippen LogP contribution in [0.4, 0.5) is 5.95 Å². The number of morpholine rings is 1. The van der Waals surface area contributed by atoms with Gasteiger partial charge in [-0.2, -0.15) is 0 Å². The molecule has 0 atom stereocenters. The number of imidazole rings is 1. The molecule has 8 nitrogen and oxygen atoms in total. The first kappa shape index (κ1) is 20.2. The van der Waals surface area contributed by atoms with Gasteiger partial charge in [-0.1, -0.05) is 12.1 Å². The summed E-state index contributed by atoms with van der Waals surface area (Å²) in [6.45, 7) is 4.87. The summed E-state index contributed by atoms with van der Waals surface area (Å²) in [5, 5.41) is 2.90. The van der Waals surface area contributed by atoms with Crippen molar-refractivity contribution in [2.45, 2.75) is 6.54 Å². The maximum absolute atomic E-state index is 12.5. The summed E-state index contributed by atoms with van der Waals surface area (Å²) in [4.78, 5) is 19.5. The first-order valence-electron chi connectivity index (χ1n) is 10.0. The molecule has 1 N–H and O–H groups in total. The van der Waals surface area contributed by atoms with Gasteiger partial charge in [-0.15, -0.1) is 0 Å². The number of carbonyl (C=O) groups excluding carboxylic acids is 1. The Kier molecular flexibility index (Phi) is 6.46. The molecule has 1 aliphatic heterocycles. The van der Waals surface area contributed by atoms with Crippen LogP contribution < -0.4 is 14.8 Å². The Bertz CT molecular complexity index is 980. The summed E-state index contributed by atoms with van der Waals surface area (Å²) in [5.74, 6) is 1.62. The molecular formula is C22H26N4O4. The molecular weight excluding hydrogens is 384 g/mol. The lowest BCUT2D eigenvalue weighted by Gasteiger charge is -2.26. The van der Waals surface area contributed by atoms with Crippen LogP contribution in [0.5, 0.6) is 11.5 Å². The Hall–Kier alpha value is -3.10. The zero-order valence-corrected chi connectivity index (χ0v) is 17.0. The number of fused-ring (bicyclic) bond motifs is 1. The maximum atomic E-state index is 12.5. The van der Waals surface area contributed by atoms with Crippen LogP contribution in [0.1, 0.15) is 0 Å². The zero-order valence-electron chi connectivity index (χ0n) is 17.0. The van der Waals surface area contributed by atoms with Crippen LogP contribution in [-0.2, 0) is 16.1 Å². The summed E-state index contributed by atoms with van der Waals surface area (Å²) in [6.07, 6.45) is 0. The van der Waals surface area contributed by atoms with Crippen molar-refractivity contribution < 1.29 is 19.0 Å². The number of para-hydroxylation sites is 2. The highest BCUT2D eigenvalue weighted by Gasteiger charge is 2.16. The van der Waals surface area contributed by atoms with Crippen LogP contribution in [0.3, 0.4) is 0 Å². The third-order valence-corrected chi connectivity index (χ3v) is 5.08. The van der Waals surface area contributed by atoms with E-state index in [1.165, 1.54) is 0 Å². The topological polar surface area (TPSA) is 77.8 Å². The summed E-state index contributed by atoms with van der Waals surface area (Å²) >= 11 is 0. The Morgan fingerprint density at radius 2 is 1.80 bits per heavy atom. The number of nitrogens with one attached hydrogen (secondary N) is 1. The van der Waals surface area contributed by atoms with Gasteiger partial charge in [0.15, 0.2) is 6.61 Å². The third-order valence-electron chi connectivity index (χ3n) is 5.08. The van der Waals surface area contributed by atoms with E-state index in [0.29, 0.717) is 11.7 Å². The van der Waals surface area contributed by atoms with Gasteiger partial charge in [-0.25, -0.2) is 4.98 Å². The number of anilines is 1. The highest BCUT2D eigenvalue weighted by molar-refractivity contribution is 5.92. The van der Waals surface area contributed by atoms with Gasteiger partial charge in [0, 0.05) is 26.2 Å². The van der Waals surface area contributed by atoms with Crippen molar-refractivity contribution in [2.75, 3.05) is 51.9 Å². The Labute approximate surface area is 175 Å². The molecule has 0 spiro atoms. The lowest BCUT2D eigenvalue weighted by molar-refractivity contribution is -0.118. The molecule has 158 valence electrons. The van der Waals surface area contributed by atoms with Gasteiger partial charge in [0.1, 0.15) is 11.5 Å². The SMILES string of the molecule is COc1ccc(OCC(=O)Nc2nc3ccccc3n2CCN2CCOCC2)cc1. The molecule has 1 saturated heterocycles. The van der Waals surface area contributed by atoms with E-state index in [-0.39, 0.29) is 12.5 Å². The van der Waals surface area contributed by atoms with Crippen LogP contribution in [-0.4, -0.2) is 66.9 Å². The molecule has 1 aliphatic rings. The van der Waals surface area contributed by atoms with E-state index in [2.05, 4.69) is 19.8 Å². The Balaban J connectivity index is 1.42. The molecule has 0 saturated carbocycles. The molecule has 1 amide bonds. The van der Waals surface area contributed by atoms with E-state index >= 15 is 0 Å².